The Morgan fingerprint density at radius 3 is 2.11 bits per heavy atom. The number of nitrogens with two attached hydrogens (primary N) is 1. The monoisotopic (exact) mass is 129 g/mol. The standard InChI is InChI=1S/C6H11NO2/c1-4(2)5(3-7)6(8)9/h3-4H,7H2,1-2H3,(H,8,9)/b5-3-. The highest BCUT2D eigenvalue weighted by Crippen LogP contribution is 2.06. The molecule has 0 radical (unpaired) electrons. The highest BCUT2D eigenvalue weighted by molar-refractivity contribution is 5.86. The number of rotatable bonds is 2. The Bertz CT molecular complexity index is 138. The molecule has 0 fully saturated rings. The van der Waals surface area contributed by atoms with Gasteiger partial charge in [0.2, 0.25) is 0 Å². The molecule has 0 aliphatic heterocycles. The number of carbonyl (C=O) groups is 1. The Morgan fingerprint density at radius 2 is 2.11 bits per heavy atom. The summed E-state index contributed by atoms with van der Waals surface area (Å²) >= 11 is 0. The Hall–Kier alpha value is -0.990. The van der Waals surface area contributed by atoms with Gasteiger partial charge in [-0.2, -0.15) is 0 Å². The molecule has 52 valence electrons. The van der Waals surface area contributed by atoms with Crippen molar-refractivity contribution in [2.45, 2.75) is 13.8 Å². The minimum absolute atomic E-state index is 0.00694. The number of carboxylic acid groups (broad SMARTS) is 1. The van der Waals surface area contributed by atoms with E-state index in [9.17, 15) is 4.79 Å². The molecule has 0 aromatic heterocycles. The average Bonchev–Trinajstić information content (AvgIpc) is 1.64. The first-order valence-corrected chi connectivity index (χ1v) is 2.74. The molecule has 0 aromatic carbocycles. The topological polar surface area (TPSA) is 63.3 Å². The fourth-order valence-electron chi connectivity index (χ4n) is 0.511. The second kappa shape index (κ2) is 3.12. The van der Waals surface area contributed by atoms with E-state index >= 15 is 0 Å². The highest BCUT2D eigenvalue weighted by atomic mass is 16.4. The summed E-state index contributed by atoms with van der Waals surface area (Å²) in [6.45, 7) is 3.57. The van der Waals surface area contributed by atoms with Gasteiger partial charge in [-0.25, -0.2) is 4.79 Å². The predicted molar refractivity (Wildman–Crippen MR) is 34.7 cm³/mol. The van der Waals surface area contributed by atoms with E-state index in [4.69, 9.17) is 10.8 Å². The normalized spacial score (nSPS) is 12.1. The van der Waals surface area contributed by atoms with Crippen LogP contribution >= 0.6 is 0 Å². The molecule has 0 bridgehead atoms. The lowest BCUT2D eigenvalue weighted by Gasteiger charge is -2.02. The molecule has 3 heteroatoms. The second-order valence-corrected chi connectivity index (χ2v) is 2.08. The third-order valence-electron chi connectivity index (χ3n) is 1.05. The zero-order valence-electron chi connectivity index (χ0n) is 5.59. The molecule has 3 nitrogen and oxygen atoms in total. The molecule has 0 heterocycles. The van der Waals surface area contributed by atoms with Gasteiger partial charge < -0.3 is 10.8 Å². The maximum Gasteiger partial charge on any atom is 0.333 e. The van der Waals surface area contributed by atoms with Gasteiger partial charge in [0.25, 0.3) is 0 Å². The van der Waals surface area contributed by atoms with Crippen LogP contribution in [0.3, 0.4) is 0 Å². The number of hydrogen-bond donors (Lipinski definition) is 2. The van der Waals surface area contributed by atoms with Crippen LogP contribution in [0.4, 0.5) is 0 Å². The van der Waals surface area contributed by atoms with E-state index in [0.29, 0.717) is 0 Å². The van der Waals surface area contributed by atoms with Crippen LogP contribution in [0.15, 0.2) is 11.8 Å². The van der Waals surface area contributed by atoms with Crippen molar-refractivity contribution >= 4 is 5.97 Å². The van der Waals surface area contributed by atoms with E-state index in [0.717, 1.165) is 6.20 Å². The summed E-state index contributed by atoms with van der Waals surface area (Å²) in [6.07, 6.45) is 1.13. The van der Waals surface area contributed by atoms with Crippen molar-refractivity contribution in [1.29, 1.82) is 0 Å². The number of aliphatic carboxylic acids is 1. The van der Waals surface area contributed by atoms with Gasteiger partial charge in [0.15, 0.2) is 0 Å². The smallest absolute Gasteiger partial charge is 0.333 e. The number of carboxylic acids is 1. The summed E-state index contributed by atoms with van der Waals surface area (Å²) in [5.41, 5.74) is 5.29. The third kappa shape index (κ3) is 2.17. The molecular weight excluding hydrogens is 118 g/mol. The van der Waals surface area contributed by atoms with Crippen LogP contribution in [0.1, 0.15) is 13.8 Å². The third-order valence-corrected chi connectivity index (χ3v) is 1.05. The largest absolute Gasteiger partial charge is 0.478 e. The van der Waals surface area contributed by atoms with E-state index in [1.807, 2.05) is 0 Å². The molecule has 0 saturated heterocycles. The fraction of sp³-hybridized carbons (Fsp3) is 0.500. The molecule has 0 rings (SSSR count). The van der Waals surface area contributed by atoms with Gasteiger partial charge >= 0.3 is 5.97 Å². The maximum atomic E-state index is 10.2. The second-order valence-electron chi connectivity index (χ2n) is 2.08. The van der Waals surface area contributed by atoms with Crippen molar-refractivity contribution in [2.24, 2.45) is 11.7 Å². The molecule has 0 aromatic rings. The van der Waals surface area contributed by atoms with E-state index in [-0.39, 0.29) is 11.5 Å². The number of hydrogen-bond acceptors (Lipinski definition) is 2. The first kappa shape index (κ1) is 8.01. The van der Waals surface area contributed by atoms with Crippen LogP contribution in [0.25, 0.3) is 0 Å². The average molecular weight is 129 g/mol. The van der Waals surface area contributed by atoms with Crippen molar-refractivity contribution in [3.05, 3.63) is 11.8 Å². The van der Waals surface area contributed by atoms with E-state index in [1.54, 1.807) is 13.8 Å². The predicted octanol–water partition coefficient (Wildman–Crippen LogP) is 0.570. The molecule has 0 aliphatic carbocycles. The molecule has 0 spiro atoms. The van der Waals surface area contributed by atoms with Crippen LogP contribution in [-0.4, -0.2) is 11.1 Å². The lowest BCUT2D eigenvalue weighted by Crippen LogP contribution is -2.08. The van der Waals surface area contributed by atoms with Crippen LogP contribution in [0.2, 0.25) is 0 Å². The van der Waals surface area contributed by atoms with Crippen LogP contribution < -0.4 is 5.73 Å². The van der Waals surface area contributed by atoms with Crippen molar-refractivity contribution in [2.75, 3.05) is 0 Å². The van der Waals surface area contributed by atoms with Gasteiger partial charge in [0.05, 0.1) is 5.57 Å². The van der Waals surface area contributed by atoms with E-state index < -0.39 is 5.97 Å². The highest BCUT2D eigenvalue weighted by Gasteiger charge is 2.09. The Labute approximate surface area is 54.2 Å². The minimum Gasteiger partial charge on any atom is -0.478 e. The Kier molecular flexibility index (Phi) is 2.78. The lowest BCUT2D eigenvalue weighted by molar-refractivity contribution is -0.133. The zero-order valence-corrected chi connectivity index (χ0v) is 5.59. The summed E-state index contributed by atoms with van der Waals surface area (Å²) in [5, 5.41) is 8.40. The lowest BCUT2D eigenvalue weighted by atomic mass is 10.1. The van der Waals surface area contributed by atoms with E-state index in [1.165, 1.54) is 0 Å². The van der Waals surface area contributed by atoms with E-state index in [2.05, 4.69) is 0 Å². The van der Waals surface area contributed by atoms with Crippen molar-refractivity contribution in [3.63, 3.8) is 0 Å². The molecule has 9 heavy (non-hydrogen) atoms. The molecule has 0 atom stereocenters. The molecule has 0 saturated carbocycles. The van der Waals surface area contributed by atoms with Crippen LogP contribution in [0.5, 0.6) is 0 Å². The molecule has 0 amide bonds. The molecule has 0 aliphatic rings. The van der Waals surface area contributed by atoms with Crippen molar-refractivity contribution in [3.8, 4) is 0 Å². The zero-order chi connectivity index (χ0) is 7.44. The molecule has 0 unspecified atom stereocenters. The van der Waals surface area contributed by atoms with Gasteiger partial charge in [0.1, 0.15) is 0 Å². The summed E-state index contributed by atoms with van der Waals surface area (Å²) in [4.78, 5) is 10.2. The van der Waals surface area contributed by atoms with Gasteiger partial charge in [0, 0.05) is 6.20 Å². The fourth-order valence-corrected chi connectivity index (χ4v) is 0.511. The molecular formula is C6H11NO2. The molecule has 3 N–H and O–H groups in total. The van der Waals surface area contributed by atoms with Crippen LogP contribution in [-0.2, 0) is 4.79 Å². The van der Waals surface area contributed by atoms with Gasteiger partial charge in [-0.15, -0.1) is 0 Å². The SMILES string of the molecule is CC(C)/C(=C/N)C(=O)O. The first-order valence-electron chi connectivity index (χ1n) is 2.74. The minimum atomic E-state index is -0.937. The summed E-state index contributed by atoms with van der Waals surface area (Å²) < 4.78 is 0. The van der Waals surface area contributed by atoms with Crippen molar-refractivity contribution < 1.29 is 9.90 Å². The Balaban J connectivity index is 4.19. The van der Waals surface area contributed by atoms with Crippen LogP contribution in [0, 0.1) is 5.92 Å². The summed E-state index contributed by atoms with van der Waals surface area (Å²) in [6, 6.07) is 0. The first-order chi connectivity index (χ1) is 4.09. The summed E-state index contributed by atoms with van der Waals surface area (Å²) in [7, 11) is 0. The maximum absolute atomic E-state index is 10.2. The van der Waals surface area contributed by atoms with Crippen molar-refractivity contribution in [1.82, 2.24) is 0 Å². The summed E-state index contributed by atoms with van der Waals surface area (Å²) in [5.74, 6) is -0.944. The van der Waals surface area contributed by atoms with Gasteiger partial charge in [-0.1, -0.05) is 13.8 Å². The Morgan fingerprint density at radius 1 is 1.67 bits per heavy atom. The van der Waals surface area contributed by atoms with Gasteiger partial charge in [-0.3, -0.25) is 0 Å². The van der Waals surface area contributed by atoms with Gasteiger partial charge in [-0.05, 0) is 5.92 Å². The quantitative estimate of drug-likeness (QED) is 0.536.